The van der Waals surface area contributed by atoms with E-state index in [0.29, 0.717) is 10.6 Å². The summed E-state index contributed by atoms with van der Waals surface area (Å²) in [4.78, 5) is 12.0. The molecule has 0 aliphatic rings. The monoisotopic (exact) mass is 323 g/mol. The van der Waals surface area contributed by atoms with Crippen LogP contribution in [0.1, 0.15) is 15.9 Å². The number of carbonyl (C=O) groups is 1. The fourth-order valence-electron chi connectivity index (χ4n) is 1.64. The Kier molecular flexibility index (Phi) is 4.04. The summed E-state index contributed by atoms with van der Waals surface area (Å²) in [6.07, 6.45) is 0. The second-order valence-corrected chi connectivity index (χ2v) is 5.33. The van der Waals surface area contributed by atoms with Crippen LogP contribution in [0, 0.1) is 6.92 Å². The lowest BCUT2D eigenvalue weighted by molar-refractivity contribution is 0.102. The Morgan fingerprint density at radius 1 is 1.22 bits per heavy atom. The molecule has 2 aromatic rings. The summed E-state index contributed by atoms with van der Waals surface area (Å²) in [6, 6.07) is 12.7. The zero-order valence-corrected chi connectivity index (χ0v) is 12.0. The summed E-state index contributed by atoms with van der Waals surface area (Å²) in [6.45, 7) is 1.90. The van der Waals surface area contributed by atoms with E-state index in [-0.39, 0.29) is 5.91 Å². The molecular formula is C14H11BrClNO. The molecule has 0 fully saturated rings. The molecule has 0 spiro atoms. The maximum absolute atomic E-state index is 12.0. The summed E-state index contributed by atoms with van der Waals surface area (Å²) >= 11 is 9.29. The molecule has 2 nitrogen and oxygen atoms in total. The number of anilines is 1. The predicted molar refractivity (Wildman–Crippen MR) is 78.3 cm³/mol. The molecule has 2 aromatic carbocycles. The van der Waals surface area contributed by atoms with Crippen molar-refractivity contribution in [1.82, 2.24) is 0 Å². The van der Waals surface area contributed by atoms with Gasteiger partial charge in [-0.05, 0) is 48.9 Å². The van der Waals surface area contributed by atoms with E-state index >= 15 is 0 Å². The average molecular weight is 325 g/mol. The minimum atomic E-state index is -0.168. The van der Waals surface area contributed by atoms with Crippen LogP contribution < -0.4 is 5.32 Å². The van der Waals surface area contributed by atoms with Crippen molar-refractivity contribution in [3.8, 4) is 0 Å². The molecule has 0 bridgehead atoms. The van der Waals surface area contributed by atoms with Crippen LogP contribution in [0.2, 0.25) is 5.02 Å². The van der Waals surface area contributed by atoms with E-state index in [4.69, 9.17) is 11.6 Å². The zero-order chi connectivity index (χ0) is 13.1. The van der Waals surface area contributed by atoms with Crippen molar-refractivity contribution in [2.75, 3.05) is 5.32 Å². The topological polar surface area (TPSA) is 29.1 Å². The van der Waals surface area contributed by atoms with Crippen molar-refractivity contribution >= 4 is 39.1 Å². The van der Waals surface area contributed by atoms with Crippen LogP contribution in [0.25, 0.3) is 0 Å². The number of benzene rings is 2. The van der Waals surface area contributed by atoms with E-state index in [1.165, 1.54) is 0 Å². The van der Waals surface area contributed by atoms with Crippen molar-refractivity contribution in [2.24, 2.45) is 0 Å². The molecule has 0 aliphatic carbocycles. The van der Waals surface area contributed by atoms with Crippen LogP contribution in [-0.4, -0.2) is 5.91 Å². The quantitative estimate of drug-likeness (QED) is 0.855. The number of aryl methyl sites for hydroxylation is 1. The van der Waals surface area contributed by atoms with Crippen molar-refractivity contribution in [3.05, 3.63) is 63.1 Å². The Hall–Kier alpha value is -1.32. The van der Waals surface area contributed by atoms with E-state index in [9.17, 15) is 4.79 Å². The van der Waals surface area contributed by atoms with Crippen LogP contribution in [-0.2, 0) is 0 Å². The number of rotatable bonds is 2. The molecular weight excluding hydrogens is 314 g/mol. The molecule has 0 atom stereocenters. The third-order valence-corrected chi connectivity index (χ3v) is 3.10. The maximum atomic E-state index is 12.0. The summed E-state index contributed by atoms with van der Waals surface area (Å²) < 4.78 is 0.919. The van der Waals surface area contributed by atoms with Gasteiger partial charge in [-0.25, -0.2) is 0 Å². The van der Waals surface area contributed by atoms with Crippen molar-refractivity contribution in [2.45, 2.75) is 6.92 Å². The highest BCUT2D eigenvalue weighted by Gasteiger charge is 2.07. The van der Waals surface area contributed by atoms with Gasteiger partial charge in [-0.1, -0.05) is 33.6 Å². The SMILES string of the molecule is Cc1cc(Cl)cc(C(=O)Nc2cccc(Br)c2)c1. The molecule has 0 unspecified atom stereocenters. The Morgan fingerprint density at radius 2 is 2.00 bits per heavy atom. The zero-order valence-electron chi connectivity index (χ0n) is 9.71. The molecule has 1 N–H and O–H groups in total. The predicted octanol–water partition coefficient (Wildman–Crippen LogP) is 4.66. The first-order chi connectivity index (χ1) is 8.54. The van der Waals surface area contributed by atoms with Gasteiger partial charge in [0.1, 0.15) is 0 Å². The number of nitrogens with one attached hydrogen (secondary N) is 1. The van der Waals surface area contributed by atoms with Gasteiger partial charge < -0.3 is 5.32 Å². The van der Waals surface area contributed by atoms with Crippen molar-refractivity contribution in [1.29, 1.82) is 0 Å². The fourth-order valence-corrected chi connectivity index (χ4v) is 2.33. The second-order valence-electron chi connectivity index (χ2n) is 3.98. The lowest BCUT2D eigenvalue weighted by Crippen LogP contribution is -2.12. The number of halogens is 2. The summed E-state index contributed by atoms with van der Waals surface area (Å²) in [7, 11) is 0. The van der Waals surface area contributed by atoms with Gasteiger partial charge in [0.25, 0.3) is 5.91 Å². The van der Waals surface area contributed by atoms with Gasteiger partial charge in [0.15, 0.2) is 0 Å². The molecule has 18 heavy (non-hydrogen) atoms. The summed E-state index contributed by atoms with van der Waals surface area (Å²) in [5.74, 6) is -0.168. The van der Waals surface area contributed by atoms with E-state index in [1.54, 1.807) is 12.1 Å². The molecule has 0 heterocycles. The largest absolute Gasteiger partial charge is 0.322 e. The lowest BCUT2D eigenvalue weighted by Gasteiger charge is -2.07. The van der Waals surface area contributed by atoms with Gasteiger partial charge in [0, 0.05) is 20.7 Å². The van der Waals surface area contributed by atoms with E-state index in [0.717, 1.165) is 15.7 Å². The molecule has 4 heteroatoms. The minimum absolute atomic E-state index is 0.168. The smallest absolute Gasteiger partial charge is 0.255 e. The highest BCUT2D eigenvalue weighted by atomic mass is 79.9. The molecule has 0 saturated carbocycles. The van der Waals surface area contributed by atoms with Crippen molar-refractivity contribution < 1.29 is 4.79 Å². The van der Waals surface area contributed by atoms with Crippen LogP contribution in [0.15, 0.2) is 46.9 Å². The summed E-state index contributed by atoms with van der Waals surface area (Å²) in [5.41, 5.74) is 2.26. The van der Waals surface area contributed by atoms with Crippen LogP contribution in [0.5, 0.6) is 0 Å². The maximum Gasteiger partial charge on any atom is 0.255 e. The summed E-state index contributed by atoms with van der Waals surface area (Å²) in [5, 5.41) is 3.39. The first-order valence-corrected chi connectivity index (χ1v) is 6.56. The Balaban J connectivity index is 2.22. The van der Waals surface area contributed by atoms with Gasteiger partial charge in [-0.3, -0.25) is 4.79 Å². The normalized spacial score (nSPS) is 10.2. The van der Waals surface area contributed by atoms with Crippen LogP contribution in [0.4, 0.5) is 5.69 Å². The molecule has 0 radical (unpaired) electrons. The minimum Gasteiger partial charge on any atom is -0.322 e. The molecule has 2 rings (SSSR count). The highest BCUT2D eigenvalue weighted by Crippen LogP contribution is 2.18. The Bertz CT molecular complexity index is 578. The second kappa shape index (κ2) is 5.55. The van der Waals surface area contributed by atoms with E-state index in [2.05, 4.69) is 21.2 Å². The van der Waals surface area contributed by atoms with Gasteiger partial charge in [0.05, 0.1) is 0 Å². The third kappa shape index (κ3) is 3.34. The first-order valence-electron chi connectivity index (χ1n) is 5.39. The van der Waals surface area contributed by atoms with E-state index < -0.39 is 0 Å². The third-order valence-electron chi connectivity index (χ3n) is 2.39. The number of amides is 1. The number of hydrogen-bond donors (Lipinski definition) is 1. The first kappa shape index (κ1) is 13.1. The Morgan fingerprint density at radius 3 is 2.67 bits per heavy atom. The van der Waals surface area contributed by atoms with Gasteiger partial charge in [-0.2, -0.15) is 0 Å². The van der Waals surface area contributed by atoms with Gasteiger partial charge in [-0.15, -0.1) is 0 Å². The standard InChI is InChI=1S/C14H11BrClNO/c1-9-5-10(7-12(16)6-9)14(18)17-13-4-2-3-11(15)8-13/h2-8H,1H3,(H,17,18). The van der Waals surface area contributed by atoms with Crippen LogP contribution in [0.3, 0.4) is 0 Å². The molecule has 0 aliphatic heterocycles. The fraction of sp³-hybridized carbons (Fsp3) is 0.0714. The number of carbonyl (C=O) groups excluding carboxylic acids is 1. The molecule has 0 saturated heterocycles. The average Bonchev–Trinajstić information content (AvgIpc) is 2.27. The molecule has 92 valence electrons. The Labute approximate surface area is 119 Å². The number of hydrogen-bond acceptors (Lipinski definition) is 1. The van der Waals surface area contributed by atoms with Crippen LogP contribution >= 0.6 is 27.5 Å². The van der Waals surface area contributed by atoms with E-state index in [1.807, 2.05) is 37.3 Å². The van der Waals surface area contributed by atoms with Crippen molar-refractivity contribution in [3.63, 3.8) is 0 Å². The van der Waals surface area contributed by atoms with Gasteiger partial charge >= 0.3 is 0 Å². The molecule has 0 aromatic heterocycles. The molecule has 1 amide bonds. The highest BCUT2D eigenvalue weighted by molar-refractivity contribution is 9.10. The van der Waals surface area contributed by atoms with Gasteiger partial charge in [0.2, 0.25) is 0 Å². The lowest BCUT2D eigenvalue weighted by atomic mass is 10.1.